The van der Waals surface area contributed by atoms with Crippen LogP contribution in [0.3, 0.4) is 0 Å². The molecule has 0 aliphatic carbocycles. The molecule has 3 heterocycles. The molecule has 1 aromatic heterocycles. The largest absolute Gasteiger partial charge is 0.362 e. The van der Waals surface area contributed by atoms with Crippen LogP contribution >= 0.6 is 27.7 Å². The quantitative estimate of drug-likeness (QED) is 0.734. The molecule has 0 spiro atoms. The molecule has 2 aliphatic rings. The van der Waals surface area contributed by atoms with E-state index in [0.29, 0.717) is 16.4 Å². The van der Waals surface area contributed by atoms with Gasteiger partial charge in [0.25, 0.3) is 5.56 Å². The fourth-order valence-electron chi connectivity index (χ4n) is 3.18. The van der Waals surface area contributed by atoms with Crippen LogP contribution in [0.1, 0.15) is 16.8 Å². The Morgan fingerprint density at radius 2 is 1.88 bits per heavy atom. The average Bonchev–Trinajstić information content (AvgIpc) is 2.99. The molecule has 7 nitrogen and oxygen atoms in total. The summed E-state index contributed by atoms with van der Waals surface area (Å²) in [6, 6.07) is 6.99. The van der Waals surface area contributed by atoms with E-state index < -0.39 is 17.0 Å². The molecule has 0 amide bonds. The van der Waals surface area contributed by atoms with Gasteiger partial charge in [0.2, 0.25) is 5.72 Å². The minimum absolute atomic E-state index is 0.0975. The van der Waals surface area contributed by atoms with Crippen molar-refractivity contribution in [2.45, 2.75) is 12.3 Å². The van der Waals surface area contributed by atoms with Gasteiger partial charge >= 0.3 is 5.69 Å². The fourth-order valence-corrected chi connectivity index (χ4v) is 4.22. The Kier molecular flexibility index (Phi) is 3.98. The van der Waals surface area contributed by atoms with Crippen molar-refractivity contribution < 1.29 is 5.11 Å². The second-order valence-electron chi connectivity index (χ2n) is 6.13. The molecule has 134 valence electrons. The van der Waals surface area contributed by atoms with Crippen LogP contribution in [-0.4, -0.2) is 24.3 Å². The predicted molar refractivity (Wildman–Crippen MR) is 104 cm³/mol. The van der Waals surface area contributed by atoms with Gasteiger partial charge in [0.1, 0.15) is 0 Å². The Bertz CT molecular complexity index is 1090. The standard InChI is InChI=1S/C17H15BrN4O3S/c1-20-12-9-22-7-8-26-15(22)19-17(25,10-3-5-11(18)6-4-10)13(12)14(23)21(2)16(20)24/h3-8,25H,9H2,1-2H3. The lowest BCUT2D eigenvalue weighted by molar-refractivity contribution is 0.0880. The normalized spacial score (nSPS) is 21.2. The van der Waals surface area contributed by atoms with E-state index in [4.69, 9.17) is 0 Å². The molecule has 2 aliphatic heterocycles. The number of fused-ring (bicyclic) bond motifs is 2. The van der Waals surface area contributed by atoms with Crippen LogP contribution < -0.4 is 11.2 Å². The third kappa shape index (κ3) is 2.42. The summed E-state index contributed by atoms with van der Waals surface area (Å²) < 4.78 is 3.25. The predicted octanol–water partition coefficient (Wildman–Crippen LogP) is 1.43. The Labute approximate surface area is 161 Å². The number of hydrogen-bond donors (Lipinski definition) is 1. The van der Waals surface area contributed by atoms with Gasteiger partial charge in [-0.1, -0.05) is 39.8 Å². The number of thioether (sulfide) groups is 1. The molecule has 9 heteroatoms. The first-order chi connectivity index (χ1) is 12.3. The average molecular weight is 435 g/mol. The summed E-state index contributed by atoms with van der Waals surface area (Å²) in [5, 5.41) is 14.1. The molecule has 0 bridgehead atoms. The summed E-state index contributed by atoms with van der Waals surface area (Å²) in [4.78, 5) is 31.8. The van der Waals surface area contributed by atoms with Gasteiger partial charge in [-0.3, -0.25) is 13.9 Å². The first-order valence-electron chi connectivity index (χ1n) is 7.80. The second-order valence-corrected chi connectivity index (χ2v) is 7.92. The van der Waals surface area contributed by atoms with Crippen molar-refractivity contribution in [3.05, 3.63) is 78.0 Å². The highest BCUT2D eigenvalue weighted by atomic mass is 79.9. The minimum atomic E-state index is -1.89. The molecular formula is C17H15BrN4O3S. The molecule has 1 N–H and O–H groups in total. The number of halogens is 1. The van der Waals surface area contributed by atoms with E-state index in [1.165, 1.54) is 23.4 Å². The Hall–Kier alpha value is -2.10. The number of nitrogens with zero attached hydrogens (tertiary/aromatic N) is 4. The minimum Gasteiger partial charge on any atom is -0.362 e. The lowest BCUT2D eigenvalue weighted by atomic mass is 9.94. The van der Waals surface area contributed by atoms with Gasteiger partial charge in [-0.2, -0.15) is 0 Å². The van der Waals surface area contributed by atoms with Crippen LogP contribution in [0, 0.1) is 0 Å². The fraction of sp³-hybridized carbons (Fsp3) is 0.235. The lowest BCUT2D eigenvalue weighted by Gasteiger charge is -2.26. The zero-order valence-electron chi connectivity index (χ0n) is 14.0. The Morgan fingerprint density at radius 1 is 1.19 bits per heavy atom. The number of aromatic nitrogens is 2. The molecule has 0 saturated heterocycles. The summed E-state index contributed by atoms with van der Waals surface area (Å²) in [5.74, 6) is 0. The van der Waals surface area contributed by atoms with Crippen LogP contribution in [0.5, 0.6) is 0 Å². The SMILES string of the molecule is Cn1c2c(c(=O)n(C)c1=O)C(O)(c1ccc(Br)cc1)N=C1SC=CN1C2. The first kappa shape index (κ1) is 17.3. The maximum atomic E-state index is 13.0. The molecule has 1 atom stereocenters. The molecule has 4 rings (SSSR count). The number of aliphatic hydroxyl groups is 1. The highest BCUT2D eigenvalue weighted by Gasteiger charge is 2.42. The molecule has 0 fully saturated rings. The van der Waals surface area contributed by atoms with Crippen molar-refractivity contribution in [3.8, 4) is 0 Å². The highest BCUT2D eigenvalue weighted by molar-refractivity contribution is 9.10. The molecule has 1 aromatic carbocycles. The first-order valence-corrected chi connectivity index (χ1v) is 9.48. The maximum absolute atomic E-state index is 13.0. The van der Waals surface area contributed by atoms with E-state index in [1.807, 2.05) is 16.5 Å². The van der Waals surface area contributed by atoms with E-state index in [1.54, 1.807) is 31.3 Å². The van der Waals surface area contributed by atoms with Gasteiger partial charge in [-0.05, 0) is 17.5 Å². The van der Waals surface area contributed by atoms with Crippen LogP contribution in [0.4, 0.5) is 0 Å². The van der Waals surface area contributed by atoms with Gasteiger partial charge in [0.15, 0.2) is 5.17 Å². The van der Waals surface area contributed by atoms with Gasteiger partial charge in [0, 0.05) is 30.3 Å². The smallest absolute Gasteiger partial charge is 0.330 e. The number of hydrogen-bond acceptors (Lipinski definition) is 6. The monoisotopic (exact) mass is 434 g/mol. The van der Waals surface area contributed by atoms with E-state index in [9.17, 15) is 14.7 Å². The van der Waals surface area contributed by atoms with Crippen molar-refractivity contribution in [3.63, 3.8) is 0 Å². The van der Waals surface area contributed by atoms with E-state index in [0.717, 1.165) is 9.04 Å². The van der Waals surface area contributed by atoms with Crippen molar-refractivity contribution in [2.75, 3.05) is 0 Å². The number of aliphatic imine (C=N–C) groups is 1. The highest BCUT2D eigenvalue weighted by Crippen LogP contribution is 2.37. The zero-order valence-corrected chi connectivity index (χ0v) is 16.4. The second kappa shape index (κ2) is 5.97. The summed E-state index contributed by atoms with van der Waals surface area (Å²) in [6.07, 6.45) is 1.82. The van der Waals surface area contributed by atoms with Crippen molar-refractivity contribution in [1.29, 1.82) is 0 Å². The summed E-state index contributed by atoms with van der Waals surface area (Å²) in [5.41, 5.74) is -1.88. The molecular weight excluding hydrogens is 420 g/mol. The summed E-state index contributed by atoms with van der Waals surface area (Å²) in [7, 11) is 3.00. The molecule has 1 unspecified atom stereocenters. The van der Waals surface area contributed by atoms with Crippen molar-refractivity contribution >= 4 is 32.9 Å². The number of amidine groups is 1. The van der Waals surface area contributed by atoms with Gasteiger partial charge < -0.3 is 10.0 Å². The van der Waals surface area contributed by atoms with Crippen LogP contribution in [0.2, 0.25) is 0 Å². The topological polar surface area (TPSA) is 79.8 Å². The van der Waals surface area contributed by atoms with Crippen molar-refractivity contribution in [1.82, 2.24) is 14.0 Å². The third-order valence-electron chi connectivity index (χ3n) is 4.62. The molecule has 0 saturated carbocycles. The van der Waals surface area contributed by atoms with Gasteiger partial charge in [0.05, 0.1) is 17.8 Å². The maximum Gasteiger partial charge on any atom is 0.330 e. The van der Waals surface area contributed by atoms with E-state index >= 15 is 0 Å². The van der Waals surface area contributed by atoms with Gasteiger partial charge in [-0.15, -0.1) is 0 Å². The summed E-state index contributed by atoms with van der Waals surface area (Å²) in [6.45, 7) is 0.276. The Morgan fingerprint density at radius 3 is 2.58 bits per heavy atom. The molecule has 2 aromatic rings. The molecule has 0 radical (unpaired) electrons. The van der Waals surface area contributed by atoms with Crippen molar-refractivity contribution in [2.24, 2.45) is 19.1 Å². The third-order valence-corrected chi connectivity index (χ3v) is 5.94. The van der Waals surface area contributed by atoms with Crippen LogP contribution in [0.15, 0.2) is 54.9 Å². The number of benzene rings is 1. The molecule has 26 heavy (non-hydrogen) atoms. The number of rotatable bonds is 1. The van der Waals surface area contributed by atoms with E-state index in [2.05, 4.69) is 20.9 Å². The Balaban J connectivity index is 2.11. The van der Waals surface area contributed by atoms with Gasteiger partial charge in [-0.25, -0.2) is 9.79 Å². The van der Waals surface area contributed by atoms with E-state index in [-0.39, 0.29) is 12.1 Å². The lowest BCUT2D eigenvalue weighted by Crippen LogP contribution is -2.46. The summed E-state index contributed by atoms with van der Waals surface area (Å²) >= 11 is 4.74. The van der Waals surface area contributed by atoms with Crippen LogP contribution in [0.25, 0.3) is 0 Å². The zero-order chi connectivity index (χ0) is 18.6. The van der Waals surface area contributed by atoms with Crippen LogP contribution in [-0.2, 0) is 26.4 Å².